The van der Waals surface area contributed by atoms with Gasteiger partial charge >= 0.3 is 0 Å². The van der Waals surface area contributed by atoms with E-state index in [1.165, 1.54) is 6.07 Å². The molecule has 0 bridgehead atoms. The van der Waals surface area contributed by atoms with Crippen molar-refractivity contribution in [2.75, 3.05) is 33.3 Å². The highest BCUT2D eigenvalue weighted by Crippen LogP contribution is 2.21. The molecule has 114 valence electrons. The Kier molecular flexibility index (Phi) is 7.55. The number of halogens is 1. The van der Waals surface area contributed by atoms with Gasteiger partial charge in [0.2, 0.25) is 0 Å². The van der Waals surface area contributed by atoms with Crippen molar-refractivity contribution in [2.24, 2.45) is 0 Å². The maximum Gasteiger partial charge on any atom is 0.131 e. The van der Waals surface area contributed by atoms with Crippen molar-refractivity contribution in [3.8, 4) is 5.75 Å². The molecule has 1 atom stereocenters. The van der Waals surface area contributed by atoms with Gasteiger partial charge in [-0.2, -0.15) is 0 Å². The summed E-state index contributed by atoms with van der Waals surface area (Å²) >= 11 is 0. The van der Waals surface area contributed by atoms with E-state index in [0.29, 0.717) is 11.3 Å². The van der Waals surface area contributed by atoms with E-state index in [1.807, 2.05) is 6.92 Å². The molecule has 1 aromatic carbocycles. The van der Waals surface area contributed by atoms with Crippen molar-refractivity contribution >= 4 is 0 Å². The Balaban J connectivity index is 2.48. The van der Waals surface area contributed by atoms with E-state index < -0.39 is 0 Å². The Hall–Kier alpha value is -1.13. The molecular weight excluding hydrogens is 255 g/mol. The Morgan fingerprint density at radius 1 is 1.30 bits per heavy atom. The molecule has 0 aliphatic carbocycles. The summed E-state index contributed by atoms with van der Waals surface area (Å²) in [5.74, 6) is 0.337. The van der Waals surface area contributed by atoms with E-state index in [9.17, 15) is 4.39 Å². The van der Waals surface area contributed by atoms with Gasteiger partial charge in [-0.1, -0.05) is 19.9 Å². The summed E-state index contributed by atoms with van der Waals surface area (Å²) in [5.41, 5.74) is 0.685. The predicted molar refractivity (Wildman–Crippen MR) is 81.8 cm³/mol. The van der Waals surface area contributed by atoms with E-state index in [2.05, 4.69) is 24.1 Å². The first-order valence-corrected chi connectivity index (χ1v) is 7.41. The van der Waals surface area contributed by atoms with Gasteiger partial charge in [-0.05, 0) is 32.5 Å². The molecule has 0 amide bonds. The van der Waals surface area contributed by atoms with Gasteiger partial charge in [0.25, 0.3) is 0 Å². The van der Waals surface area contributed by atoms with Gasteiger partial charge in [-0.25, -0.2) is 4.39 Å². The van der Waals surface area contributed by atoms with E-state index >= 15 is 0 Å². The highest BCUT2D eigenvalue weighted by atomic mass is 19.1. The van der Waals surface area contributed by atoms with Crippen LogP contribution in [-0.2, 0) is 0 Å². The van der Waals surface area contributed by atoms with Crippen molar-refractivity contribution in [1.29, 1.82) is 0 Å². The summed E-state index contributed by atoms with van der Waals surface area (Å²) in [7, 11) is 1.54. The zero-order chi connectivity index (χ0) is 15.0. The average Bonchev–Trinajstić information content (AvgIpc) is 2.45. The standard InChI is InChI=1S/C16H27FN2O/c1-5-10-19(6-2)11-9-18-13(3)15-8-7-14(20-4)12-16(15)17/h7-8,12-13,18H,5-6,9-11H2,1-4H3. The second-order valence-electron chi connectivity index (χ2n) is 5.00. The third-order valence-corrected chi connectivity index (χ3v) is 3.54. The van der Waals surface area contributed by atoms with E-state index in [1.54, 1.807) is 19.2 Å². The van der Waals surface area contributed by atoms with Crippen LogP contribution in [0.4, 0.5) is 4.39 Å². The zero-order valence-corrected chi connectivity index (χ0v) is 13.1. The number of hydrogen-bond donors (Lipinski definition) is 1. The summed E-state index contributed by atoms with van der Waals surface area (Å²) in [4.78, 5) is 2.39. The van der Waals surface area contributed by atoms with Gasteiger partial charge in [0.15, 0.2) is 0 Å². The lowest BCUT2D eigenvalue weighted by molar-refractivity contribution is 0.283. The van der Waals surface area contributed by atoms with Crippen LogP contribution in [0.25, 0.3) is 0 Å². The highest BCUT2D eigenvalue weighted by molar-refractivity contribution is 5.30. The molecule has 0 aliphatic heterocycles. The Labute approximate surface area is 122 Å². The number of ether oxygens (including phenoxy) is 1. The lowest BCUT2D eigenvalue weighted by Gasteiger charge is -2.22. The van der Waals surface area contributed by atoms with Gasteiger partial charge in [-0.3, -0.25) is 0 Å². The second-order valence-corrected chi connectivity index (χ2v) is 5.00. The number of nitrogens with zero attached hydrogens (tertiary/aromatic N) is 1. The van der Waals surface area contributed by atoms with Gasteiger partial charge in [0.1, 0.15) is 11.6 Å². The van der Waals surface area contributed by atoms with Gasteiger partial charge < -0.3 is 15.0 Å². The monoisotopic (exact) mass is 282 g/mol. The molecule has 0 saturated heterocycles. The molecule has 0 aromatic heterocycles. The maximum atomic E-state index is 13.9. The van der Waals surface area contributed by atoms with Gasteiger partial charge in [0, 0.05) is 30.8 Å². The molecule has 20 heavy (non-hydrogen) atoms. The molecule has 4 heteroatoms. The summed E-state index contributed by atoms with van der Waals surface area (Å²) in [6, 6.07) is 5.02. The molecular formula is C16H27FN2O. The van der Waals surface area contributed by atoms with Crippen LogP contribution in [0.5, 0.6) is 5.75 Å². The molecule has 1 N–H and O–H groups in total. The molecule has 0 spiro atoms. The van der Waals surface area contributed by atoms with Crippen molar-refractivity contribution < 1.29 is 9.13 Å². The zero-order valence-electron chi connectivity index (χ0n) is 13.1. The number of methoxy groups -OCH3 is 1. The maximum absolute atomic E-state index is 13.9. The lowest BCUT2D eigenvalue weighted by Crippen LogP contribution is -2.33. The van der Waals surface area contributed by atoms with Crippen LogP contribution in [0.2, 0.25) is 0 Å². The highest BCUT2D eigenvalue weighted by Gasteiger charge is 2.11. The second kappa shape index (κ2) is 8.93. The fraction of sp³-hybridized carbons (Fsp3) is 0.625. The summed E-state index contributed by atoms with van der Waals surface area (Å²) < 4.78 is 18.9. The van der Waals surface area contributed by atoms with Crippen LogP contribution in [0.3, 0.4) is 0 Å². The van der Waals surface area contributed by atoms with Crippen LogP contribution in [-0.4, -0.2) is 38.2 Å². The molecule has 1 rings (SSSR count). The molecule has 0 aliphatic rings. The molecule has 0 heterocycles. The van der Waals surface area contributed by atoms with Crippen LogP contribution in [0.1, 0.15) is 38.8 Å². The van der Waals surface area contributed by atoms with Crippen LogP contribution < -0.4 is 10.1 Å². The van der Waals surface area contributed by atoms with Crippen LogP contribution >= 0.6 is 0 Å². The Morgan fingerprint density at radius 3 is 2.60 bits per heavy atom. The van der Waals surface area contributed by atoms with E-state index in [4.69, 9.17) is 4.74 Å². The smallest absolute Gasteiger partial charge is 0.131 e. The summed E-state index contributed by atoms with van der Waals surface area (Å²) in [6.07, 6.45) is 1.16. The molecule has 0 fully saturated rings. The SMILES string of the molecule is CCCN(CC)CCNC(C)c1ccc(OC)cc1F. The summed E-state index contributed by atoms with van der Waals surface area (Å²) in [6.45, 7) is 10.4. The molecule has 0 radical (unpaired) electrons. The average molecular weight is 282 g/mol. The van der Waals surface area contributed by atoms with Gasteiger partial charge in [0.05, 0.1) is 7.11 Å². The van der Waals surface area contributed by atoms with Crippen molar-refractivity contribution in [3.05, 3.63) is 29.6 Å². The lowest BCUT2D eigenvalue weighted by atomic mass is 10.1. The fourth-order valence-corrected chi connectivity index (χ4v) is 2.28. The Morgan fingerprint density at radius 2 is 2.05 bits per heavy atom. The third-order valence-electron chi connectivity index (χ3n) is 3.54. The fourth-order valence-electron chi connectivity index (χ4n) is 2.28. The number of likely N-dealkylation sites (N-methyl/N-ethyl adjacent to an activating group) is 1. The minimum atomic E-state index is -0.217. The molecule has 3 nitrogen and oxygen atoms in total. The van der Waals surface area contributed by atoms with E-state index in [0.717, 1.165) is 32.6 Å². The molecule has 0 saturated carbocycles. The number of rotatable bonds is 9. The number of nitrogens with one attached hydrogen (secondary N) is 1. The van der Waals surface area contributed by atoms with Crippen molar-refractivity contribution in [2.45, 2.75) is 33.2 Å². The third kappa shape index (κ3) is 5.10. The largest absolute Gasteiger partial charge is 0.497 e. The number of benzene rings is 1. The summed E-state index contributed by atoms with van der Waals surface area (Å²) in [5, 5.41) is 3.38. The Bertz CT molecular complexity index is 398. The van der Waals surface area contributed by atoms with Crippen molar-refractivity contribution in [1.82, 2.24) is 10.2 Å². The van der Waals surface area contributed by atoms with Crippen LogP contribution in [0.15, 0.2) is 18.2 Å². The topological polar surface area (TPSA) is 24.5 Å². The number of hydrogen-bond acceptors (Lipinski definition) is 3. The van der Waals surface area contributed by atoms with Crippen molar-refractivity contribution in [3.63, 3.8) is 0 Å². The first kappa shape index (κ1) is 16.9. The van der Waals surface area contributed by atoms with E-state index in [-0.39, 0.29) is 11.9 Å². The quantitative estimate of drug-likeness (QED) is 0.752. The van der Waals surface area contributed by atoms with Gasteiger partial charge in [-0.15, -0.1) is 0 Å². The minimum Gasteiger partial charge on any atom is -0.497 e. The minimum absolute atomic E-state index is 0.00115. The molecule has 1 unspecified atom stereocenters. The first-order chi connectivity index (χ1) is 9.62. The normalized spacial score (nSPS) is 12.7. The van der Waals surface area contributed by atoms with Crippen LogP contribution in [0, 0.1) is 5.82 Å². The molecule has 1 aromatic rings. The predicted octanol–water partition coefficient (Wildman–Crippen LogP) is 3.22. The first-order valence-electron chi connectivity index (χ1n) is 7.41.